The molecule has 20 heavy (non-hydrogen) atoms. The maximum atomic E-state index is 11.9. The summed E-state index contributed by atoms with van der Waals surface area (Å²) in [5, 5.41) is 11.6. The largest absolute Gasteiger partial charge is 0.478 e. The van der Waals surface area contributed by atoms with Crippen molar-refractivity contribution in [3.8, 4) is 0 Å². The third kappa shape index (κ3) is 3.54. The van der Waals surface area contributed by atoms with Gasteiger partial charge in [0.25, 0.3) is 5.91 Å². The highest BCUT2D eigenvalue weighted by Gasteiger charge is 2.19. The van der Waals surface area contributed by atoms with Crippen LogP contribution in [-0.4, -0.2) is 53.0 Å². The molecule has 2 N–H and O–H groups in total. The normalized spacial score (nSPS) is 19.6. The van der Waals surface area contributed by atoms with Gasteiger partial charge in [0.1, 0.15) is 5.69 Å². The number of likely N-dealkylation sites (tertiary alicyclic amines) is 1. The van der Waals surface area contributed by atoms with Crippen molar-refractivity contribution in [1.82, 2.24) is 15.2 Å². The predicted octanol–water partition coefficient (Wildman–Crippen LogP) is 0.994. The molecule has 1 atom stereocenters. The summed E-state index contributed by atoms with van der Waals surface area (Å²) in [5.74, 6) is -1.31. The highest BCUT2D eigenvalue weighted by molar-refractivity contribution is 5.93. The van der Waals surface area contributed by atoms with Gasteiger partial charge >= 0.3 is 5.97 Å². The number of carboxylic acid groups (broad SMARTS) is 1. The van der Waals surface area contributed by atoms with Crippen LogP contribution in [0.15, 0.2) is 18.3 Å². The van der Waals surface area contributed by atoms with Crippen molar-refractivity contribution in [2.45, 2.75) is 25.3 Å². The Kier molecular flexibility index (Phi) is 4.68. The maximum Gasteiger partial charge on any atom is 0.337 e. The molecule has 1 aromatic heterocycles. The van der Waals surface area contributed by atoms with Gasteiger partial charge in [-0.05, 0) is 38.6 Å². The molecule has 1 saturated heterocycles. The Morgan fingerprint density at radius 2 is 2.25 bits per heavy atom. The molecule has 1 amide bonds. The SMILES string of the molecule is CN1CCCCC1CNC(=O)c1ccc(C(=O)O)cn1. The quantitative estimate of drug-likeness (QED) is 0.857. The van der Waals surface area contributed by atoms with Crippen molar-refractivity contribution in [3.05, 3.63) is 29.6 Å². The Labute approximate surface area is 117 Å². The molecular formula is C14H19N3O3. The summed E-state index contributed by atoms with van der Waals surface area (Å²) in [7, 11) is 2.07. The minimum atomic E-state index is -1.05. The second kappa shape index (κ2) is 6.47. The van der Waals surface area contributed by atoms with E-state index in [9.17, 15) is 9.59 Å². The fraction of sp³-hybridized carbons (Fsp3) is 0.500. The van der Waals surface area contributed by atoms with Gasteiger partial charge in [0, 0.05) is 18.8 Å². The third-order valence-corrected chi connectivity index (χ3v) is 3.66. The lowest BCUT2D eigenvalue weighted by molar-refractivity contribution is 0.0695. The zero-order chi connectivity index (χ0) is 14.5. The first-order chi connectivity index (χ1) is 9.58. The highest BCUT2D eigenvalue weighted by atomic mass is 16.4. The number of aromatic carboxylic acids is 1. The lowest BCUT2D eigenvalue weighted by Crippen LogP contribution is -2.44. The number of piperidine rings is 1. The van der Waals surface area contributed by atoms with Crippen LogP contribution in [0.1, 0.15) is 40.1 Å². The van der Waals surface area contributed by atoms with Crippen molar-refractivity contribution >= 4 is 11.9 Å². The molecule has 1 aromatic rings. The summed E-state index contributed by atoms with van der Waals surface area (Å²) in [5.41, 5.74) is 0.321. The fourth-order valence-corrected chi connectivity index (χ4v) is 2.36. The van der Waals surface area contributed by atoms with Gasteiger partial charge in [0.05, 0.1) is 5.56 Å². The Hall–Kier alpha value is -1.95. The molecule has 2 rings (SSSR count). The summed E-state index contributed by atoms with van der Waals surface area (Å²) in [6.45, 7) is 1.66. The molecular weight excluding hydrogens is 258 g/mol. The van der Waals surface area contributed by atoms with E-state index in [1.165, 1.54) is 31.2 Å². The monoisotopic (exact) mass is 277 g/mol. The third-order valence-electron chi connectivity index (χ3n) is 3.66. The second-order valence-electron chi connectivity index (χ2n) is 5.08. The van der Waals surface area contributed by atoms with E-state index in [4.69, 9.17) is 5.11 Å². The smallest absolute Gasteiger partial charge is 0.337 e. The van der Waals surface area contributed by atoms with Crippen molar-refractivity contribution in [3.63, 3.8) is 0 Å². The van der Waals surface area contributed by atoms with E-state index in [1.807, 2.05) is 0 Å². The topological polar surface area (TPSA) is 82.5 Å². The average Bonchev–Trinajstić information content (AvgIpc) is 2.46. The number of hydrogen-bond donors (Lipinski definition) is 2. The lowest BCUT2D eigenvalue weighted by Gasteiger charge is -2.32. The number of carboxylic acids is 1. The summed E-state index contributed by atoms with van der Waals surface area (Å²) < 4.78 is 0. The molecule has 0 spiro atoms. The van der Waals surface area contributed by atoms with Crippen LogP contribution >= 0.6 is 0 Å². The van der Waals surface area contributed by atoms with Crippen molar-refractivity contribution in [2.75, 3.05) is 20.1 Å². The van der Waals surface area contributed by atoms with Crippen LogP contribution in [0, 0.1) is 0 Å². The average molecular weight is 277 g/mol. The van der Waals surface area contributed by atoms with Crippen LogP contribution < -0.4 is 5.32 Å². The van der Waals surface area contributed by atoms with Crippen LogP contribution in [0.4, 0.5) is 0 Å². The molecule has 1 aliphatic heterocycles. The van der Waals surface area contributed by atoms with Gasteiger partial charge in [-0.2, -0.15) is 0 Å². The minimum absolute atomic E-state index is 0.0774. The second-order valence-corrected chi connectivity index (χ2v) is 5.08. The molecule has 0 radical (unpaired) electrons. The number of hydrogen-bond acceptors (Lipinski definition) is 4. The standard InChI is InChI=1S/C14H19N3O3/c1-17-7-3-2-4-11(17)9-16-13(18)12-6-5-10(8-15-12)14(19)20/h5-6,8,11H,2-4,7,9H2,1H3,(H,16,18)(H,19,20). The van der Waals surface area contributed by atoms with Gasteiger partial charge in [-0.3, -0.25) is 9.78 Å². The first-order valence-corrected chi connectivity index (χ1v) is 6.75. The van der Waals surface area contributed by atoms with Gasteiger partial charge in [-0.15, -0.1) is 0 Å². The number of aromatic nitrogens is 1. The summed E-state index contributed by atoms with van der Waals surface area (Å²) in [6.07, 6.45) is 4.68. The molecule has 0 aliphatic carbocycles. The van der Waals surface area contributed by atoms with E-state index in [-0.39, 0.29) is 17.2 Å². The molecule has 6 heteroatoms. The number of nitrogens with zero attached hydrogens (tertiary/aromatic N) is 2. The van der Waals surface area contributed by atoms with Gasteiger partial charge in [-0.1, -0.05) is 6.42 Å². The number of pyridine rings is 1. The Morgan fingerprint density at radius 1 is 1.45 bits per heavy atom. The predicted molar refractivity (Wildman–Crippen MR) is 73.8 cm³/mol. The summed E-state index contributed by atoms with van der Waals surface area (Å²) >= 11 is 0. The van der Waals surface area contributed by atoms with Crippen LogP contribution in [-0.2, 0) is 0 Å². The Balaban J connectivity index is 1.89. The van der Waals surface area contributed by atoms with E-state index < -0.39 is 5.97 Å². The molecule has 0 bridgehead atoms. The summed E-state index contributed by atoms with van der Waals surface area (Å²) in [4.78, 5) is 28.8. The minimum Gasteiger partial charge on any atom is -0.478 e. The number of amides is 1. The van der Waals surface area contributed by atoms with Gasteiger partial charge in [-0.25, -0.2) is 4.79 Å². The number of carbonyl (C=O) groups excluding carboxylic acids is 1. The molecule has 6 nitrogen and oxygen atoms in total. The van der Waals surface area contributed by atoms with E-state index >= 15 is 0 Å². The van der Waals surface area contributed by atoms with Crippen molar-refractivity contribution in [2.24, 2.45) is 0 Å². The number of rotatable bonds is 4. The van der Waals surface area contributed by atoms with Crippen molar-refractivity contribution < 1.29 is 14.7 Å². The number of nitrogens with one attached hydrogen (secondary N) is 1. The zero-order valence-corrected chi connectivity index (χ0v) is 11.5. The van der Waals surface area contributed by atoms with Gasteiger partial charge in [0.2, 0.25) is 0 Å². The summed E-state index contributed by atoms with van der Waals surface area (Å²) in [6, 6.07) is 3.19. The van der Waals surface area contributed by atoms with E-state index in [1.54, 1.807) is 0 Å². The van der Waals surface area contributed by atoms with Gasteiger partial charge in [0.15, 0.2) is 0 Å². The first-order valence-electron chi connectivity index (χ1n) is 6.75. The van der Waals surface area contributed by atoms with E-state index in [2.05, 4.69) is 22.2 Å². The number of carbonyl (C=O) groups is 2. The molecule has 2 heterocycles. The highest BCUT2D eigenvalue weighted by Crippen LogP contribution is 2.14. The molecule has 0 aromatic carbocycles. The first kappa shape index (κ1) is 14.5. The van der Waals surface area contributed by atoms with E-state index in [0.717, 1.165) is 13.0 Å². The number of likely N-dealkylation sites (N-methyl/N-ethyl adjacent to an activating group) is 1. The van der Waals surface area contributed by atoms with Crippen LogP contribution in [0.2, 0.25) is 0 Å². The van der Waals surface area contributed by atoms with Crippen LogP contribution in [0.3, 0.4) is 0 Å². The van der Waals surface area contributed by atoms with Crippen molar-refractivity contribution in [1.29, 1.82) is 0 Å². The van der Waals surface area contributed by atoms with E-state index in [0.29, 0.717) is 12.6 Å². The Bertz CT molecular complexity index is 487. The maximum absolute atomic E-state index is 11.9. The molecule has 1 aliphatic rings. The molecule has 1 unspecified atom stereocenters. The van der Waals surface area contributed by atoms with Crippen LogP contribution in [0.5, 0.6) is 0 Å². The zero-order valence-electron chi connectivity index (χ0n) is 11.5. The van der Waals surface area contributed by atoms with Crippen LogP contribution in [0.25, 0.3) is 0 Å². The molecule has 0 saturated carbocycles. The fourth-order valence-electron chi connectivity index (χ4n) is 2.36. The molecule has 1 fully saturated rings. The lowest BCUT2D eigenvalue weighted by atomic mass is 10.0. The molecule has 108 valence electrons. The Morgan fingerprint density at radius 3 is 2.85 bits per heavy atom. The van der Waals surface area contributed by atoms with Gasteiger partial charge < -0.3 is 15.3 Å².